The van der Waals surface area contributed by atoms with Crippen molar-refractivity contribution in [3.63, 3.8) is 0 Å². The Kier molecular flexibility index (Phi) is 5.43. The van der Waals surface area contributed by atoms with Crippen molar-refractivity contribution in [1.82, 2.24) is 4.90 Å². The minimum Gasteiger partial charge on any atom is -0.497 e. The molecule has 3 rings (SSSR count). The minimum absolute atomic E-state index is 0.293. The summed E-state index contributed by atoms with van der Waals surface area (Å²) in [6.45, 7) is 2.69. The largest absolute Gasteiger partial charge is 0.497 e. The van der Waals surface area contributed by atoms with Gasteiger partial charge < -0.3 is 9.47 Å². The van der Waals surface area contributed by atoms with E-state index >= 15 is 0 Å². The van der Waals surface area contributed by atoms with Gasteiger partial charge >= 0.3 is 5.97 Å². The summed E-state index contributed by atoms with van der Waals surface area (Å²) in [5.41, 5.74) is 3.01. The van der Waals surface area contributed by atoms with Gasteiger partial charge in [-0.15, -0.1) is 11.8 Å². The molecule has 0 aromatic heterocycles. The molecule has 0 spiro atoms. The van der Waals surface area contributed by atoms with Gasteiger partial charge in [0.25, 0.3) is 0 Å². The number of hydrogen-bond acceptors (Lipinski definition) is 5. The van der Waals surface area contributed by atoms with Gasteiger partial charge in [-0.3, -0.25) is 4.90 Å². The third-order valence-corrected chi connectivity index (χ3v) is 5.18. The maximum absolute atomic E-state index is 11.7. The third-order valence-electron chi connectivity index (χ3n) is 4.08. The topological polar surface area (TPSA) is 38.8 Å². The van der Waals surface area contributed by atoms with Crippen LogP contribution in [0.2, 0.25) is 0 Å². The number of nitrogens with zero attached hydrogens (tertiary/aromatic N) is 1. The Bertz CT molecular complexity index is 732. The van der Waals surface area contributed by atoms with Crippen LogP contribution in [0.1, 0.15) is 21.5 Å². The highest BCUT2D eigenvalue weighted by Crippen LogP contribution is 2.31. The number of ether oxygens (including phenoxy) is 2. The Morgan fingerprint density at radius 3 is 2.88 bits per heavy atom. The van der Waals surface area contributed by atoms with Crippen molar-refractivity contribution in [2.45, 2.75) is 18.0 Å². The molecule has 0 N–H and O–H groups in total. The molecule has 0 saturated carbocycles. The highest BCUT2D eigenvalue weighted by atomic mass is 32.2. The SMILES string of the molecule is COC(=O)c1cccc(CN2CCSc3ccc(OC)cc3C2)c1. The van der Waals surface area contributed by atoms with Gasteiger partial charge in [0.15, 0.2) is 0 Å². The summed E-state index contributed by atoms with van der Waals surface area (Å²) in [5.74, 6) is 1.65. The molecule has 0 radical (unpaired) electrons. The standard InChI is InChI=1S/C19H21NO3S/c1-22-17-6-7-18-16(11-17)13-20(8-9-24-18)12-14-4-3-5-15(10-14)19(21)23-2/h3-7,10-11H,8-9,12-13H2,1-2H3. The first-order chi connectivity index (χ1) is 11.7. The molecular weight excluding hydrogens is 322 g/mol. The van der Waals surface area contributed by atoms with E-state index in [1.54, 1.807) is 13.2 Å². The van der Waals surface area contributed by atoms with Gasteiger partial charge in [-0.25, -0.2) is 4.79 Å². The Labute approximate surface area is 146 Å². The number of benzene rings is 2. The summed E-state index contributed by atoms with van der Waals surface area (Å²) in [6.07, 6.45) is 0. The number of rotatable bonds is 4. The summed E-state index contributed by atoms with van der Waals surface area (Å²) in [7, 11) is 3.10. The van der Waals surface area contributed by atoms with Gasteiger partial charge in [0.2, 0.25) is 0 Å². The quantitative estimate of drug-likeness (QED) is 0.793. The summed E-state index contributed by atoms with van der Waals surface area (Å²) in [6, 6.07) is 13.9. The second kappa shape index (κ2) is 7.73. The Morgan fingerprint density at radius 2 is 2.08 bits per heavy atom. The molecule has 0 atom stereocenters. The molecule has 24 heavy (non-hydrogen) atoms. The lowest BCUT2D eigenvalue weighted by Gasteiger charge is -2.20. The van der Waals surface area contributed by atoms with Crippen molar-refractivity contribution in [1.29, 1.82) is 0 Å². The van der Waals surface area contributed by atoms with Crippen LogP contribution in [0, 0.1) is 0 Å². The second-order valence-electron chi connectivity index (χ2n) is 5.72. The first-order valence-electron chi connectivity index (χ1n) is 7.89. The molecule has 0 amide bonds. The van der Waals surface area contributed by atoms with Crippen LogP contribution >= 0.6 is 11.8 Å². The number of carbonyl (C=O) groups is 1. The fourth-order valence-electron chi connectivity index (χ4n) is 2.86. The first kappa shape index (κ1) is 16.9. The molecule has 5 heteroatoms. The lowest BCUT2D eigenvalue weighted by Crippen LogP contribution is -2.24. The van der Waals surface area contributed by atoms with E-state index in [2.05, 4.69) is 23.1 Å². The first-order valence-corrected chi connectivity index (χ1v) is 8.87. The molecule has 1 heterocycles. The van der Waals surface area contributed by atoms with Crippen LogP contribution in [0.3, 0.4) is 0 Å². The smallest absolute Gasteiger partial charge is 0.337 e. The number of thioether (sulfide) groups is 1. The van der Waals surface area contributed by atoms with E-state index in [4.69, 9.17) is 9.47 Å². The predicted octanol–water partition coefficient (Wildman–Crippen LogP) is 3.59. The molecule has 0 bridgehead atoms. The third kappa shape index (κ3) is 3.91. The number of esters is 1. The number of fused-ring (bicyclic) bond motifs is 1. The van der Waals surface area contributed by atoms with Crippen molar-refractivity contribution in [2.24, 2.45) is 0 Å². The van der Waals surface area contributed by atoms with Gasteiger partial charge in [-0.05, 0) is 41.5 Å². The van der Waals surface area contributed by atoms with Gasteiger partial charge in [0, 0.05) is 30.3 Å². The summed E-state index contributed by atoms with van der Waals surface area (Å²) in [4.78, 5) is 15.4. The van der Waals surface area contributed by atoms with Gasteiger partial charge in [0.05, 0.1) is 19.8 Å². The molecule has 1 aliphatic rings. The monoisotopic (exact) mass is 343 g/mol. The lowest BCUT2D eigenvalue weighted by atomic mass is 10.1. The summed E-state index contributed by atoms with van der Waals surface area (Å²) >= 11 is 1.88. The van der Waals surface area contributed by atoms with Crippen molar-refractivity contribution in [3.8, 4) is 5.75 Å². The van der Waals surface area contributed by atoms with Crippen LogP contribution in [0.4, 0.5) is 0 Å². The Balaban J connectivity index is 1.77. The van der Waals surface area contributed by atoms with Crippen molar-refractivity contribution >= 4 is 17.7 Å². The minimum atomic E-state index is -0.293. The summed E-state index contributed by atoms with van der Waals surface area (Å²) in [5, 5.41) is 0. The highest BCUT2D eigenvalue weighted by Gasteiger charge is 2.16. The highest BCUT2D eigenvalue weighted by molar-refractivity contribution is 7.99. The zero-order chi connectivity index (χ0) is 16.9. The molecule has 0 fully saturated rings. The Hall–Kier alpha value is -1.98. The van der Waals surface area contributed by atoms with E-state index < -0.39 is 0 Å². The van der Waals surface area contributed by atoms with Crippen LogP contribution in [-0.4, -0.2) is 37.4 Å². The van der Waals surface area contributed by atoms with E-state index in [-0.39, 0.29) is 5.97 Å². The maximum atomic E-state index is 11.7. The zero-order valence-electron chi connectivity index (χ0n) is 14.0. The Morgan fingerprint density at radius 1 is 1.21 bits per heavy atom. The molecule has 126 valence electrons. The second-order valence-corrected chi connectivity index (χ2v) is 6.86. The number of hydrogen-bond donors (Lipinski definition) is 0. The lowest BCUT2D eigenvalue weighted by molar-refractivity contribution is 0.0600. The normalized spacial score (nSPS) is 14.6. The van der Waals surface area contributed by atoms with Crippen LogP contribution in [0.25, 0.3) is 0 Å². The van der Waals surface area contributed by atoms with Crippen LogP contribution in [0.15, 0.2) is 47.4 Å². The molecular formula is C19H21NO3S. The van der Waals surface area contributed by atoms with Crippen molar-refractivity contribution in [3.05, 3.63) is 59.2 Å². The van der Waals surface area contributed by atoms with E-state index in [0.717, 1.165) is 36.7 Å². The fraction of sp³-hybridized carbons (Fsp3) is 0.316. The average molecular weight is 343 g/mol. The molecule has 0 saturated heterocycles. The molecule has 2 aromatic rings. The summed E-state index contributed by atoms with van der Waals surface area (Å²) < 4.78 is 10.2. The van der Waals surface area contributed by atoms with Crippen LogP contribution in [0.5, 0.6) is 5.75 Å². The maximum Gasteiger partial charge on any atom is 0.337 e. The van der Waals surface area contributed by atoms with Gasteiger partial charge in [-0.2, -0.15) is 0 Å². The van der Waals surface area contributed by atoms with Gasteiger partial charge in [0.1, 0.15) is 5.75 Å². The van der Waals surface area contributed by atoms with E-state index in [0.29, 0.717) is 5.56 Å². The van der Waals surface area contributed by atoms with E-state index in [9.17, 15) is 4.79 Å². The fourth-order valence-corrected chi connectivity index (χ4v) is 3.90. The van der Waals surface area contributed by atoms with Crippen LogP contribution in [-0.2, 0) is 17.8 Å². The number of methoxy groups -OCH3 is 2. The molecule has 4 nitrogen and oxygen atoms in total. The van der Waals surface area contributed by atoms with E-state index in [1.807, 2.05) is 30.0 Å². The van der Waals surface area contributed by atoms with E-state index in [1.165, 1.54) is 17.6 Å². The number of carbonyl (C=O) groups excluding carboxylic acids is 1. The molecule has 0 aliphatic carbocycles. The zero-order valence-corrected chi connectivity index (χ0v) is 14.8. The molecule has 2 aromatic carbocycles. The predicted molar refractivity (Wildman–Crippen MR) is 95.6 cm³/mol. The van der Waals surface area contributed by atoms with Crippen LogP contribution < -0.4 is 4.74 Å². The van der Waals surface area contributed by atoms with Crippen molar-refractivity contribution in [2.75, 3.05) is 26.5 Å². The molecule has 1 aliphatic heterocycles. The van der Waals surface area contributed by atoms with Crippen molar-refractivity contribution < 1.29 is 14.3 Å². The molecule has 0 unspecified atom stereocenters. The van der Waals surface area contributed by atoms with Gasteiger partial charge in [-0.1, -0.05) is 12.1 Å². The average Bonchev–Trinajstić information content (AvgIpc) is 2.82.